The van der Waals surface area contributed by atoms with Crippen LogP contribution in [0.25, 0.3) is 11.3 Å². The summed E-state index contributed by atoms with van der Waals surface area (Å²) in [5, 5.41) is 0. The standard InChI is InChI=1S/C20H18N4O2.C2H6/c25-19-16-7-1-2-8-17(16)20(26)24(19)11-4-3-10-23-13-18(22-14-23)15-6-5-9-21-12-15;1-2/h1-2,5-9,12-14H,3-4,10-11H2;1-2H3. The fraction of sp³-hybridized carbons (Fsp3) is 0.273. The summed E-state index contributed by atoms with van der Waals surface area (Å²) in [7, 11) is 0. The summed E-state index contributed by atoms with van der Waals surface area (Å²) in [4.78, 5) is 34.5. The van der Waals surface area contributed by atoms with Crippen LogP contribution in [0.1, 0.15) is 47.4 Å². The zero-order valence-corrected chi connectivity index (χ0v) is 16.2. The fourth-order valence-electron chi connectivity index (χ4n) is 3.15. The van der Waals surface area contributed by atoms with Gasteiger partial charge in [-0.15, -0.1) is 0 Å². The quantitative estimate of drug-likeness (QED) is 0.481. The van der Waals surface area contributed by atoms with Gasteiger partial charge in [-0.1, -0.05) is 26.0 Å². The molecule has 4 rings (SSSR count). The maximum absolute atomic E-state index is 12.3. The first-order valence-electron chi connectivity index (χ1n) is 9.61. The average Bonchev–Trinajstić information content (AvgIpc) is 3.32. The Balaban J connectivity index is 0.00000109. The maximum atomic E-state index is 12.3. The molecule has 3 aromatic rings. The zero-order valence-electron chi connectivity index (χ0n) is 16.2. The van der Waals surface area contributed by atoms with E-state index < -0.39 is 0 Å². The van der Waals surface area contributed by atoms with E-state index in [0.29, 0.717) is 17.7 Å². The van der Waals surface area contributed by atoms with E-state index in [0.717, 1.165) is 30.6 Å². The third-order valence-electron chi connectivity index (χ3n) is 4.52. The molecule has 0 unspecified atom stereocenters. The first-order valence-corrected chi connectivity index (χ1v) is 9.61. The van der Waals surface area contributed by atoms with Crippen LogP contribution in [0, 0.1) is 0 Å². The molecule has 1 aromatic carbocycles. The number of benzene rings is 1. The van der Waals surface area contributed by atoms with Crippen LogP contribution in [0.4, 0.5) is 0 Å². The highest BCUT2D eigenvalue weighted by Crippen LogP contribution is 2.22. The van der Waals surface area contributed by atoms with Gasteiger partial charge in [0.05, 0.1) is 23.1 Å². The highest BCUT2D eigenvalue weighted by atomic mass is 16.2. The van der Waals surface area contributed by atoms with E-state index in [9.17, 15) is 9.59 Å². The van der Waals surface area contributed by atoms with E-state index >= 15 is 0 Å². The number of pyridine rings is 1. The minimum absolute atomic E-state index is 0.188. The number of hydrogen-bond donors (Lipinski definition) is 0. The predicted molar refractivity (Wildman–Crippen MR) is 108 cm³/mol. The van der Waals surface area contributed by atoms with Crippen molar-refractivity contribution in [3.8, 4) is 11.3 Å². The Morgan fingerprint density at radius 3 is 2.21 bits per heavy atom. The minimum Gasteiger partial charge on any atom is -0.337 e. The van der Waals surface area contributed by atoms with Crippen molar-refractivity contribution in [2.75, 3.05) is 6.54 Å². The molecule has 2 amide bonds. The molecule has 0 spiro atoms. The van der Waals surface area contributed by atoms with Crippen LogP contribution in [0.5, 0.6) is 0 Å². The van der Waals surface area contributed by atoms with Crippen molar-refractivity contribution < 1.29 is 9.59 Å². The number of unbranched alkanes of at least 4 members (excludes halogenated alkanes) is 1. The molecule has 0 aliphatic carbocycles. The van der Waals surface area contributed by atoms with E-state index in [-0.39, 0.29) is 11.8 Å². The van der Waals surface area contributed by atoms with Crippen LogP contribution in [0.15, 0.2) is 61.3 Å². The van der Waals surface area contributed by atoms with Crippen LogP contribution in [-0.4, -0.2) is 37.8 Å². The largest absolute Gasteiger partial charge is 0.337 e. The second-order valence-corrected chi connectivity index (χ2v) is 6.25. The number of fused-ring (bicyclic) bond motifs is 1. The molecule has 0 bridgehead atoms. The normalized spacial score (nSPS) is 12.6. The van der Waals surface area contributed by atoms with Gasteiger partial charge in [-0.2, -0.15) is 0 Å². The van der Waals surface area contributed by atoms with Crippen molar-refractivity contribution in [3.63, 3.8) is 0 Å². The molecular weight excluding hydrogens is 352 g/mol. The summed E-state index contributed by atoms with van der Waals surface area (Å²) in [6.07, 6.45) is 8.92. The van der Waals surface area contributed by atoms with Crippen LogP contribution in [-0.2, 0) is 6.54 Å². The van der Waals surface area contributed by atoms with E-state index in [1.54, 1.807) is 43.0 Å². The molecule has 6 heteroatoms. The zero-order chi connectivity index (χ0) is 19.9. The number of imidazole rings is 1. The Morgan fingerprint density at radius 2 is 1.57 bits per heavy atom. The lowest BCUT2D eigenvalue weighted by Gasteiger charge is -2.13. The van der Waals surface area contributed by atoms with Crippen LogP contribution in [0.3, 0.4) is 0 Å². The smallest absolute Gasteiger partial charge is 0.261 e. The lowest BCUT2D eigenvalue weighted by atomic mass is 10.1. The Kier molecular flexibility index (Phi) is 6.32. The number of carbonyl (C=O) groups is 2. The fourth-order valence-corrected chi connectivity index (χ4v) is 3.15. The van der Waals surface area contributed by atoms with E-state index in [1.807, 2.05) is 36.7 Å². The van der Waals surface area contributed by atoms with Crippen molar-refractivity contribution >= 4 is 11.8 Å². The van der Waals surface area contributed by atoms with Gasteiger partial charge < -0.3 is 4.57 Å². The van der Waals surface area contributed by atoms with Crippen molar-refractivity contribution in [1.82, 2.24) is 19.4 Å². The second-order valence-electron chi connectivity index (χ2n) is 6.25. The Morgan fingerprint density at radius 1 is 0.893 bits per heavy atom. The van der Waals surface area contributed by atoms with Gasteiger partial charge in [0, 0.05) is 37.2 Å². The third kappa shape index (κ3) is 4.01. The third-order valence-corrected chi connectivity index (χ3v) is 4.52. The summed E-state index contributed by atoms with van der Waals surface area (Å²) in [6.45, 7) is 5.23. The van der Waals surface area contributed by atoms with E-state index in [2.05, 4.69) is 9.97 Å². The van der Waals surface area contributed by atoms with Gasteiger partial charge >= 0.3 is 0 Å². The van der Waals surface area contributed by atoms with Crippen LogP contribution >= 0.6 is 0 Å². The molecule has 144 valence electrons. The molecular formula is C22H24N4O2. The number of aromatic nitrogens is 3. The van der Waals surface area contributed by atoms with Gasteiger partial charge in [0.2, 0.25) is 0 Å². The van der Waals surface area contributed by atoms with Crippen LogP contribution < -0.4 is 0 Å². The van der Waals surface area contributed by atoms with E-state index in [1.165, 1.54) is 4.90 Å². The van der Waals surface area contributed by atoms with Crippen molar-refractivity contribution in [2.45, 2.75) is 33.2 Å². The van der Waals surface area contributed by atoms with Gasteiger partial charge in [-0.3, -0.25) is 19.5 Å². The molecule has 0 atom stereocenters. The highest BCUT2D eigenvalue weighted by Gasteiger charge is 2.34. The van der Waals surface area contributed by atoms with Gasteiger partial charge in [0.25, 0.3) is 11.8 Å². The molecule has 28 heavy (non-hydrogen) atoms. The first-order chi connectivity index (χ1) is 13.7. The SMILES string of the molecule is CC.O=C1c2ccccc2C(=O)N1CCCCn1cnc(-c2cccnc2)c1. The highest BCUT2D eigenvalue weighted by molar-refractivity contribution is 6.21. The average molecular weight is 376 g/mol. The number of rotatable bonds is 6. The van der Waals surface area contributed by atoms with Crippen molar-refractivity contribution in [1.29, 1.82) is 0 Å². The monoisotopic (exact) mass is 376 g/mol. The van der Waals surface area contributed by atoms with Gasteiger partial charge in [0.15, 0.2) is 0 Å². The van der Waals surface area contributed by atoms with Gasteiger partial charge in [-0.25, -0.2) is 4.98 Å². The van der Waals surface area contributed by atoms with Gasteiger partial charge in [-0.05, 0) is 37.1 Å². The lowest BCUT2D eigenvalue weighted by Crippen LogP contribution is -2.30. The molecule has 0 radical (unpaired) electrons. The Bertz CT molecular complexity index is 915. The van der Waals surface area contributed by atoms with Crippen LogP contribution in [0.2, 0.25) is 0 Å². The molecule has 6 nitrogen and oxygen atoms in total. The molecule has 2 aromatic heterocycles. The molecule has 1 aliphatic heterocycles. The van der Waals surface area contributed by atoms with Crippen molar-refractivity contribution in [3.05, 3.63) is 72.4 Å². The molecule has 1 aliphatic rings. The summed E-state index contributed by atoms with van der Waals surface area (Å²) >= 11 is 0. The topological polar surface area (TPSA) is 68.1 Å². The summed E-state index contributed by atoms with van der Waals surface area (Å²) < 4.78 is 2.02. The maximum Gasteiger partial charge on any atom is 0.261 e. The number of carbonyl (C=O) groups excluding carboxylic acids is 2. The summed E-state index contributed by atoms with van der Waals surface area (Å²) in [5.74, 6) is -0.376. The number of nitrogens with zero attached hydrogens (tertiary/aromatic N) is 4. The molecule has 3 heterocycles. The summed E-state index contributed by atoms with van der Waals surface area (Å²) in [6, 6.07) is 10.8. The Hall–Kier alpha value is -3.28. The van der Waals surface area contributed by atoms with Gasteiger partial charge in [0.1, 0.15) is 0 Å². The second kappa shape index (κ2) is 9.08. The minimum atomic E-state index is -0.188. The number of amides is 2. The molecule has 0 fully saturated rings. The molecule has 0 N–H and O–H groups in total. The Labute approximate surface area is 164 Å². The predicted octanol–water partition coefficient (Wildman–Crippen LogP) is 4.05. The van der Waals surface area contributed by atoms with Crippen molar-refractivity contribution in [2.24, 2.45) is 0 Å². The van der Waals surface area contributed by atoms with E-state index in [4.69, 9.17) is 0 Å². The number of imide groups is 1. The number of hydrogen-bond acceptors (Lipinski definition) is 4. The number of aryl methyl sites for hydroxylation is 1. The first kappa shape index (κ1) is 19.5. The molecule has 0 saturated carbocycles. The molecule has 0 saturated heterocycles. The summed E-state index contributed by atoms with van der Waals surface area (Å²) in [5.41, 5.74) is 2.89. The lowest BCUT2D eigenvalue weighted by molar-refractivity contribution is 0.0651.